The Labute approximate surface area is 158 Å². The zero-order chi connectivity index (χ0) is 19.4. The summed E-state index contributed by atoms with van der Waals surface area (Å²) in [6, 6.07) is 5.22. The van der Waals surface area contributed by atoms with Crippen LogP contribution in [0.3, 0.4) is 0 Å². The number of nitrogens with zero attached hydrogens (tertiary/aromatic N) is 2. The number of halogens is 3. The van der Waals surface area contributed by atoms with Crippen molar-refractivity contribution in [2.45, 2.75) is 51.2 Å². The first-order valence-electron chi connectivity index (χ1n) is 9.73. The number of hydrogen-bond donors (Lipinski definition) is 0. The molecule has 1 unspecified atom stereocenters. The number of carbonyl (C=O) groups excluding carboxylic acids is 1. The first-order chi connectivity index (χ1) is 12.8. The quantitative estimate of drug-likeness (QED) is 0.714. The molecular weight excluding hydrogens is 353 g/mol. The number of alkyl halides is 3. The molecule has 1 atom stereocenters. The van der Waals surface area contributed by atoms with Gasteiger partial charge in [0.1, 0.15) is 0 Å². The van der Waals surface area contributed by atoms with E-state index in [9.17, 15) is 18.0 Å². The molecule has 3 nitrogen and oxygen atoms in total. The van der Waals surface area contributed by atoms with E-state index in [0.717, 1.165) is 51.2 Å². The maximum Gasteiger partial charge on any atom is 0.416 e. The largest absolute Gasteiger partial charge is 0.416 e. The average molecular weight is 380 g/mol. The Morgan fingerprint density at radius 1 is 1.07 bits per heavy atom. The molecule has 0 aliphatic carbocycles. The molecule has 2 saturated heterocycles. The van der Waals surface area contributed by atoms with Crippen LogP contribution in [-0.4, -0.2) is 47.9 Å². The normalized spacial score (nSPS) is 22.3. The first-order valence-corrected chi connectivity index (χ1v) is 9.73. The number of amides is 1. The number of likely N-dealkylation sites (tertiary alicyclic amines) is 2. The Morgan fingerprint density at radius 3 is 2.37 bits per heavy atom. The third-order valence-corrected chi connectivity index (χ3v) is 5.59. The maximum atomic E-state index is 12.8. The second kappa shape index (κ2) is 8.46. The van der Waals surface area contributed by atoms with Gasteiger partial charge in [-0.25, -0.2) is 0 Å². The van der Waals surface area contributed by atoms with Crippen molar-refractivity contribution < 1.29 is 18.0 Å². The highest BCUT2D eigenvalue weighted by atomic mass is 19.4. The molecular formula is C21H27F3N2O. The van der Waals surface area contributed by atoms with Crippen molar-refractivity contribution in [1.29, 1.82) is 0 Å². The van der Waals surface area contributed by atoms with E-state index in [0.29, 0.717) is 11.1 Å². The van der Waals surface area contributed by atoms with Gasteiger partial charge in [0.2, 0.25) is 5.91 Å². The van der Waals surface area contributed by atoms with Crippen molar-refractivity contribution in [2.75, 3.05) is 26.2 Å². The Balaban J connectivity index is 1.65. The molecule has 0 N–H and O–H groups in total. The summed E-state index contributed by atoms with van der Waals surface area (Å²) in [7, 11) is 0. The van der Waals surface area contributed by atoms with Gasteiger partial charge in [0, 0.05) is 25.2 Å². The van der Waals surface area contributed by atoms with Crippen molar-refractivity contribution in [3.8, 4) is 0 Å². The van der Waals surface area contributed by atoms with E-state index in [4.69, 9.17) is 0 Å². The molecule has 6 heteroatoms. The summed E-state index contributed by atoms with van der Waals surface area (Å²) < 4.78 is 38.1. The molecule has 1 amide bonds. The number of hydrogen-bond acceptors (Lipinski definition) is 2. The minimum atomic E-state index is -4.34. The second-order valence-electron chi connectivity index (χ2n) is 7.59. The summed E-state index contributed by atoms with van der Waals surface area (Å²) >= 11 is 0. The van der Waals surface area contributed by atoms with Crippen LogP contribution >= 0.6 is 0 Å². The van der Waals surface area contributed by atoms with Gasteiger partial charge < -0.3 is 9.80 Å². The number of piperidine rings is 1. The molecule has 0 radical (unpaired) electrons. The topological polar surface area (TPSA) is 23.6 Å². The van der Waals surface area contributed by atoms with Gasteiger partial charge in [0.25, 0.3) is 0 Å². The van der Waals surface area contributed by atoms with Gasteiger partial charge in [-0.1, -0.05) is 18.6 Å². The monoisotopic (exact) mass is 380 g/mol. The van der Waals surface area contributed by atoms with E-state index >= 15 is 0 Å². The minimum Gasteiger partial charge on any atom is -0.335 e. The lowest BCUT2D eigenvalue weighted by atomic mass is 10.0. The molecule has 3 rings (SSSR count). The Hall–Kier alpha value is -1.82. The highest BCUT2D eigenvalue weighted by Gasteiger charge is 2.31. The number of carbonyl (C=O) groups is 1. The zero-order valence-electron chi connectivity index (χ0n) is 15.8. The van der Waals surface area contributed by atoms with Gasteiger partial charge in [-0.3, -0.25) is 4.79 Å². The minimum absolute atomic E-state index is 0.0353. The molecule has 148 valence electrons. The van der Waals surface area contributed by atoms with Crippen LogP contribution in [0.25, 0.3) is 5.57 Å². The van der Waals surface area contributed by atoms with Gasteiger partial charge in [-0.15, -0.1) is 0 Å². The fraction of sp³-hybridized carbons (Fsp3) is 0.571. The zero-order valence-corrected chi connectivity index (χ0v) is 15.8. The summed E-state index contributed by atoms with van der Waals surface area (Å²) in [4.78, 5) is 17.1. The van der Waals surface area contributed by atoms with Crippen molar-refractivity contribution in [2.24, 2.45) is 0 Å². The average Bonchev–Trinajstić information content (AvgIpc) is 3.10. The van der Waals surface area contributed by atoms with Gasteiger partial charge in [-0.05, 0) is 69.0 Å². The molecule has 2 aliphatic heterocycles. The van der Waals surface area contributed by atoms with Crippen molar-refractivity contribution in [3.63, 3.8) is 0 Å². The van der Waals surface area contributed by atoms with Crippen molar-refractivity contribution in [1.82, 2.24) is 9.80 Å². The summed E-state index contributed by atoms with van der Waals surface area (Å²) in [5.41, 5.74) is 0.659. The van der Waals surface area contributed by atoms with Crippen LogP contribution in [0, 0.1) is 0 Å². The summed E-state index contributed by atoms with van der Waals surface area (Å²) in [5, 5.41) is 0. The van der Waals surface area contributed by atoms with Crippen LogP contribution in [0.2, 0.25) is 0 Å². The molecule has 27 heavy (non-hydrogen) atoms. The smallest absolute Gasteiger partial charge is 0.335 e. The predicted octanol–water partition coefficient (Wildman–Crippen LogP) is 4.59. The molecule has 0 saturated carbocycles. The van der Waals surface area contributed by atoms with E-state index < -0.39 is 11.7 Å². The Kier molecular flexibility index (Phi) is 6.25. The van der Waals surface area contributed by atoms with Crippen LogP contribution in [0.4, 0.5) is 13.2 Å². The third kappa shape index (κ3) is 5.12. The second-order valence-corrected chi connectivity index (χ2v) is 7.59. The summed E-state index contributed by atoms with van der Waals surface area (Å²) in [6.07, 6.45) is 3.01. The van der Waals surface area contributed by atoms with Crippen molar-refractivity contribution >= 4 is 11.5 Å². The fourth-order valence-corrected chi connectivity index (χ4v) is 4.03. The van der Waals surface area contributed by atoms with Gasteiger partial charge >= 0.3 is 6.18 Å². The number of allylic oxidation sites excluding steroid dienone is 1. The highest BCUT2D eigenvalue weighted by molar-refractivity contribution is 5.95. The van der Waals surface area contributed by atoms with Gasteiger partial charge in [0.05, 0.1) is 5.56 Å². The lowest BCUT2D eigenvalue weighted by Gasteiger charge is -2.32. The van der Waals surface area contributed by atoms with Gasteiger partial charge in [-0.2, -0.15) is 13.2 Å². The van der Waals surface area contributed by atoms with Crippen LogP contribution in [-0.2, 0) is 11.0 Å². The Bertz CT molecular complexity index is 676. The van der Waals surface area contributed by atoms with E-state index in [1.54, 1.807) is 13.0 Å². The molecule has 2 heterocycles. The van der Waals surface area contributed by atoms with Crippen LogP contribution in [0.5, 0.6) is 0 Å². The molecule has 1 aromatic carbocycles. The molecule has 2 aliphatic rings. The standard InChI is InChI=1S/C21H27F3N2O/c1-16(17-7-9-18(10-8-17)21(22,23)24)14-20(27)26-13-5-6-19(26)15-25-11-3-2-4-12-25/h7-10,14,19H,2-6,11-13,15H2,1H3. The number of rotatable bonds is 4. The van der Waals surface area contributed by atoms with E-state index in [1.165, 1.54) is 31.4 Å². The maximum absolute atomic E-state index is 12.8. The van der Waals surface area contributed by atoms with Crippen LogP contribution < -0.4 is 0 Å². The van der Waals surface area contributed by atoms with E-state index in [2.05, 4.69) is 4.90 Å². The molecule has 0 bridgehead atoms. The molecule has 0 spiro atoms. The Morgan fingerprint density at radius 2 is 1.74 bits per heavy atom. The SMILES string of the molecule is CC(=CC(=O)N1CCCC1CN1CCCCC1)c1ccc(C(F)(F)F)cc1. The summed E-state index contributed by atoms with van der Waals surface area (Å²) in [6.45, 7) is 5.68. The lowest BCUT2D eigenvalue weighted by Crippen LogP contribution is -2.44. The third-order valence-electron chi connectivity index (χ3n) is 5.59. The van der Waals surface area contributed by atoms with E-state index in [-0.39, 0.29) is 11.9 Å². The lowest BCUT2D eigenvalue weighted by molar-refractivity contribution is -0.137. The molecule has 0 aromatic heterocycles. The van der Waals surface area contributed by atoms with Crippen LogP contribution in [0.1, 0.15) is 50.2 Å². The van der Waals surface area contributed by atoms with Crippen molar-refractivity contribution in [3.05, 3.63) is 41.5 Å². The molecule has 2 fully saturated rings. The van der Waals surface area contributed by atoms with E-state index in [1.807, 2.05) is 4.90 Å². The van der Waals surface area contributed by atoms with Gasteiger partial charge in [0.15, 0.2) is 0 Å². The predicted molar refractivity (Wildman–Crippen MR) is 100 cm³/mol. The first kappa shape index (κ1) is 19.9. The molecule has 1 aromatic rings. The van der Waals surface area contributed by atoms with Crippen LogP contribution in [0.15, 0.2) is 30.3 Å². The highest BCUT2D eigenvalue weighted by Crippen LogP contribution is 2.30. The summed E-state index contributed by atoms with van der Waals surface area (Å²) in [5.74, 6) is -0.0353. The fourth-order valence-electron chi connectivity index (χ4n) is 4.03. The number of benzene rings is 1.